The van der Waals surface area contributed by atoms with E-state index in [1.807, 2.05) is 5.01 Å². The molecule has 3 nitrogen and oxygen atoms in total. The molecule has 0 amide bonds. The van der Waals surface area contributed by atoms with E-state index in [0.29, 0.717) is 0 Å². The predicted molar refractivity (Wildman–Crippen MR) is 111 cm³/mol. The van der Waals surface area contributed by atoms with Crippen molar-refractivity contribution in [3.8, 4) is 0 Å². The highest BCUT2D eigenvalue weighted by molar-refractivity contribution is 7.16. The van der Waals surface area contributed by atoms with Gasteiger partial charge in [0.1, 0.15) is 0 Å². The number of rotatable bonds is 3. The van der Waals surface area contributed by atoms with Gasteiger partial charge in [-0.1, -0.05) is 58.9 Å². The Labute approximate surface area is 157 Å². The molecule has 0 atom stereocenters. The van der Waals surface area contributed by atoms with Gasteiger partial charge in [-0.3, -0.25) is 0 Å². The molecule has 26 heavy (non-hydrogen) atoms. The first-order valence-electron chi connectivity index (χ1n) is 8.64. The third kappa shape index (κ3) is 3.16. The van der Waals surface area contributed by atoms with E-state index in [4.69, 9.17) is 5.10 Å². The zero-order valence-corrected chi connectivity index (χ0v) is 16.0. The van der Waals surface area contributed by atoms with Crippen LogP contribution in [0, 0.1) is 13.8 Å². The molecule has 4 rings (SSSR count). The first-order chi connectivity index (χ1) is 12.6. The first-order valence-corrected chi connectivity index (χ1v) is 9.46. The second-order valence-electron chi connectivity index (χ2n) is 6.49. The zero-order chi connectivity index (χ0) is 18.1. The molecule has 0 fully saturated rings. The number of fused-ring (bicyclic) bond motifs is 1. The Bertz CT molecular complexity index is 1060. The maximum atomic E-state index is 5.01. The van der Waals surface area contributed by atoms with E-state index in [0.717, 1.165) is 16.2 Å². The second-order valence-corrected chi connectivity index (χ2v) is 7.50. The normalized spacial score (nSPS) is 11.9. The molecule has 0 bridgehead atoms. The number of thiazole rings is 1. The minimum Gasteiger partial charge on any atom is -0.318 e. The lowest BCUT2D eigenvalue weighted by Crippen LogP contribution is -2.19. The molecule has 0 N–H and O–H groups in total. The number of nitrogens with zero attached hydrogens (tertiary/aromatic N) is 3. The van der Waals surface area contributed by atoms with Crippen LogP contribution in [0.25, 0.3) is 10.2 Å². The molecule has 0 aliphatic carbocycles. The highest BCUT2D eigenvalue weighted by Crippen LogP contribution is 2.26. The average Bonchev–Trinajstić information content (AvgIpc) is 2.98. The highest BCUT2D eigenvalue weighted by Gasteiger charge is 2.10. The fourth-order valence-electron chi connectivity index (χ4n) is 2.90. The van der Waals surface area contributed by atoms with Gasteiger partial charge in [-0.2, -0.15) is 0 Å². The average molecular weight is 359 g/mol. The number of para-hydroxylation sites is 1. The number of hydrogen-bond acceptors (Lipinski definition) is 3. The Hall–Kier alpha value is -2.85. The van der Waals surface area contributed by atoms with E-state index < -0.39 is 0 Å². The van der Waals surface area contributed by atoms with Crippen LogP contribution in [0.15, 0.2) is 77.9 Å². The maximum Gasteiger partial charge on any atom is 0.209 e. The van der Waals surface area contributed by atoms with Gasteiger partial charge in [0.15, 0.2) is 0 Å². The van der Waals surface area contributed by atoms with Crippen LogP contribution < -0.4 is 9.81 Å². The van der Waals surface area contributed by atoms with Crippen molar-refractivity contribution in [2.75, 3.05) is 5.01 Å². The summed E-state index contributed by atoms with van der Waals surface area (Å²) in [6, 6.07) is 25.4. The monoisotopic (exact) mass is 359 g/mol. The van der Waals surface area contributed by atoms with Crippen LogP contribution in [-0.2, 0) is 7.05 Å². The molecule has 0 spiro atoms. The number of benzene rings is 3. The van der Waals surface area contributed by atoms with Gasteiger partial charge >= 0.3 is 0 Å². The van der Waals surface area contributed by atoms with Crippen LogP contribution in [0.5, 0.6) is 0 Å². The molecule has 4 aromatic rings. The maximum absolute atomic E-state index is 5.01. The molecular weight excluding hydrogens is 338 g/mol. The number of aryl methyl sites for hydroxylation is 3. The van der Waals surface area contributed by atoms with Crippen molar-refractivity contribution in [3.63, 3.8) is 0 Å². The van der Waals surface area contributed by atoms with E-state index in [9.17, 15) is 0 Å². The Morgan fingerprint density at radius 2 is 1.31 bits per heavy atom. The van der Waals surface area contributed by atoms with Crippen LogP contribution in [0.3, 0.4) is 0 Å². The molecule has 0 saturated carbocycles. The summed E-state index contributed by atoms with van der Waals surface area (Å²) in [6.45, 7) is 4.20. The second kappa shape index (κ2) is 6.81. The van der Waals surface area contributed by atoms with E-state index in [2.05, 4.69) is 98.3 Å². The smallest absolute Gasteiger partial charge is 0.209 e. The SMILES string of the molecule is Cc1ccc(N(N=c2sc3ccccc3n2C)c2ccc(C)cc2)cc1. The van der Waals surface area contributed by atoms with E-state index >= 15 is 0 Å². The summed E-state index contributed by atoms with van der Waals surface area (Å²) in [5, 5.41) is 7.03. The van der Waals surface area contributed by atoms with Crippen LogP contribution in [0.1, 0.15) is 11.1 Å². The van der Waals surface area contributed by atoms with Crippen LogP contribution in [-0.4, -0.2) is 4.57 Å². The summed E-state index contributed by atoms with van der Waals surface area (Å²) < 4.78 is 3.39. The van der Waals surface area contributed by atoms with Crippen molar-refractivity contribution < 1.29 is 0 Å². The third-order valence-corrected chi connectivity index (χ3v) is 5.56. The lowest BCUT2D eigenvalue weighted by atomic mass is 10.2. The van der Waals surface area contributed by atoms with Crippen LogP contribution in [0.2, 0.25) is 0 Å². The quantitative estimate of drug-likeness (QED) is 0.442. The molecule has 0 radical (unpaired) electrons. The first kappa shape index (κ1) is 16.6. The van der Waals surface area contributed by atoms with Gasteiger partial charge in [-0.15, -0.1) is 5.10 Å². The molecule has 0 saturated heterocycles. The number of hydrogen-bond donors (Lipinski definition) is 0. The van der Waals surface area contributed by atoms with Crippen molar-refractivity contribution in [2.45, 2.75) is 13.8 Å². The van der Waals surface area contributed by atoms with Gasteiger partial charge in [0.25, 0.3) is 0 Å². The Morgan fingerprint density at radius 3 is 1.85 bits per heavy atom. The Morgan fingerprint density at radius 1 is 0.769 bits per heavy atom. The van der Waals surface area contributed by atoms with Gasteiger partial charge in [-0.25, -0.2) is 5.01 Å². The summed E-state index contributed by atoms with van der Waals surface area (Å²) in [5.41, 5.74) is 5.79. The number of anilines is 2. The molecule has 3 aromatic carbocycles. The minimum absolute atomic E-state index is 0.965. The molecule has 130 valence electrons. The van der Waals surface area contributed by atoms with Gasteiger partial charge < -0.3 is 4.57 Å². The topological polar surface area (TPSA) is 20.5 Å². The van der Waals surface area contributed by atoms with Crippen molar-refractivity contribution in [3.05, 3.63) is 88.7 Å². The largest absolute Gasteiger partial charge is 0.318 e. The fraction of sp³-hybridized carbons (Fsp3) is 0.136. The lowest BCUT2D eigenvalue weighted by molar-refractivity contribution is 0.872. The van der Waals surface area contributed by atoms with Gasteiger partial charge in [0.2, 0.25) is 4.80 Å². The fourth-order valence-corrected chi connectivity index (χ4v) is 3.91. The summed E-state index contributed by atoms with van der Waals surface area (Å²) >= 11 is 1.70. The molecular formula is C22H21N3S. The highest BCUT2D eigenvalue weighted by atomic mass is 32.1. The summed E-state index contributed by atoms with van der Waals surface area (Å²) in [4.78, 5) is 0.965. The Kier molecular flexibility index (Phi) is 4.35. The minimum atomic E-state index is 0.965. The zero-order valence-electron chi connectivity index (χ0n) is 15.2. The van der Waals surface area contributed by atoms with E-state index in [1.54, 1.807) is 11.3 Å². The predicted octanol–water partition coefficient (Wildman–Crippen LogP) is 5.51. The molecule has 1 heterocycles. The third-order valence-electron chi connectivity index (χ3n) is 4.46. The summed E-state index contributed by atoms with van der Waals surface area (Å²) in [6.07, 6.45) is 0. The molecule has 0 unspecified atom stereocenters. The lowest BCUT2D eigenvalue weighted by Gasteiger charge is -2.19. The van der Waals surface area contributed by atoms with E-state index in [1.165, 1.54) is 21.3 Å². The summed E-state index contributed by atoms with van der Waals surface area (Å²) in [5.74, 6) is 0. The van der Waals surface area contributed by atoms with Gasteiger partial charge in [0, 0.05) is 7.05 Å². The van der Waals surface area contributed by atoms with Gasteiger partial charge in [0.05, 0.1) is 21.6 Å². The Balaban J connectivity index is 1.90. The van der Waals surface area contributed by atoms with Crippen LogP contribution >= 0.6 is 11.3 Å². The molecule has 0 aliphatic rings. The summed E-state index contributed by atoms with van der Waals surface area (Å²) in [7, 11) is 2.07. The van der Waals surface area contributed by atoms with Gasteiger partial charge in [-0.05, 0) is 50.2 Å². The molecule has 0 aliphatic heterocycles. The van der Waals surface area contributed by atoms with Crippen molar-refractivity contribution in [2.24, 2.45) is 12.1 Å². The van der Waals surface area contributed by atoms with Crippen LogP contribution in [0.4, 0.5) is 11.4 Å². The van der Waals surface area contributed by atoms with E-state index in [-0.39, 0.29) is 0 Å². The van der Waals surface area contributed by atoms with Crippen molar-refractivity contribution in [1.29, 1.82) is 0 Å². The number of aromatic nitrogens is 1. The molecule has 4 heteroatoms. The standard InChI is InChI=1S/C22H21N3S/c1-16-8-12-18(13-9-16)25(19-14-10-17(2)11-15-19)23-22-24(3)20-6-4-5-7-21(20)26-22/h4-15H,1-3H3. The molecule has 1 aromatic heterocycles. The van der Waals surface area contributed by atoms with Crippen molar-refractivity contribution in [1.82, 2.24) is 4.57 Å². The van der Waals surface area contributed by atoms with Crippen molar-refractivity contribution >= 4 is 32.9 Å².